The Hall–Kier alpha value is -2.34. The molecular formula is C21H23N5S. The summed E-state index contributed by atoms with van der Waals surface area (Å²) in [6.45, 7) is 7.13. The molecule has 0 bridgehead atoms. The molecule has 5 nitrogen and oxygen atoms in total. The SMILES string of the molecule is CCC(C)(C)[C@@H]1CCc2c(sc3ncn4nc(-c5ccncc5)nc4c23)C1. The van der Waals surface area contributed by atoms with Crippen molar-refractivity contribution in [3.05, 3.63) is 41.3 Å². The Morgan fingerprint density at radius 1 is 1.26 bits per heavy atom. The first-order valence-corrected chi connectivity index (χ1v) is 10.4. The van der Waals surface area contributed by atoms with Gasteiger partial charge in [0.25, 0.3) is 0 Å². The van der Waals surface area contributed by atoms with Gasteiger partial charge in [0.2, 0.25) is 0 Å². The van der Waals surface area contributed by atoms with E-state index in [9.17, 15) is 0 Å². The molecule has 0 aliphatic heterocycles. The predicted molar refractivity (Wildman–Crippen MR) is 109 cm³/mol. The molecule has 0 saturated heterocycles. The zero-order valence-corrected chi connectivity index (χ0v) is 16.8. The predicted octanol–water partition coefficient (Wildman–Crippen LogP) is 4.94. The van der Waals surface area contributed by atoms with Crippen LogP contribution in [0.15, 0.2) is 30.9 Å². The van der Waals surface area contributed by atoms with Crippen LogP contribution in [0.25, 0.3) is 27.3 Å². The third-order valence-corrected chi connectivity index (χ3v) is 7.50. The molecule has 4 aromatic heterocycles. The summed E-state index contributed by atoms with van der Waals surface area (Å²) in [6, 6.07) is 3.89. The fourth-order valence-electron chi connectivity index (χ4n) is 4.15. The van der Waals surface area contributed by atoms with E-state index in [1.54, 1.807) is 18.7 Å². The average molecular weight is 378 g/mol. The summed E-state index contributed by atoms with van der Waals surface area (Å²) in [5, 5.41) is 5.86. The van der Waals surface area contributed by atoms with Crippen LogP contribution >= 0.6 is 11.3 Å². The van der Waals surface area contributed by atoms with E-state index in [2.05, 4.69) is 30.9 Å². The number of nitrogens with zero attached hydrogens (tertiary/aromatic N) is 5. The molecule has 4 aromatic rings. The fraction of sp³-hybridized carbons (Fsp3) is 0.429. The second-order valence-corrected chi connectivity index (χ2v) is 9.23. The molecule has 4 heterocycles. The Morgan fingerprint density at radius 2 is 2.07 bits per heavy atom. The van der Waals surface area contributed by atoms with Crippen molar-refractivity contribution in [2.24, 2.45) is 11.3 Å². The van der Waals surface area contributed by atoms with Crippen LogP contribution in [-0.4, -0.2) is 24.6 Å². The molecule has 1 aliphatic rings. The Bertz CT molecular complexity index is 1130. The molecule has 5 rings (SSSR count). The quantitative estimate of drug-likeness (QED) is 0.507. The van der Waals surface area contributed by atoms with E-state index < -0.39 is 0 Å². The lowest BCUT2D eigenvalue weighted by molar-refractivity contribution is 0.184. The van der Waals surface area contributed by atoms with Gasteiger partial charge in [-0.2, -0.15) is 0 Å². The molecule has 0 fully saturated rings. The van der Waals surface area contributed by atoms with E-state index >= 15 is 0 Å². The van der Waals surface area contributed by atoms with Crippen LogP contribution in [0.5, 0.6) is 0 Å². The molecule has 1 aliphatic carbocycles. The lowest BCUT2D eigenvalue weighted by atomic mass is 9.70. The largest absolute Gasteiger partial charge is 0.265 e. The third kappa shape index (κ3) is 2.65. The highest BCUT2D eigenvalue weighted by Crippen LogP contribution is 2.44. The number of fused-ring (bicyclic) bond motifs is 5. The monoisotopic (exact) mass is 377 g/mol. The maximum Gasteiger partial charge on any atom is 0.182 e. The number of hydrogen-bond donors (Lipinski definition) is 0. The van der Waals surface area contributed by atoms with E-state index in [0.29, 0.717) is 5.41 Å². The number of pyridine rings is 1. The van der Waals surface area contributed by atoms with Crippen LogP contribution < -0.4 is 0 Å². The van der Waals surface area contributed by atoms with Crippen LogP contribution in [-0.2, 0) is 12.8 Å². The van der Waals surface area contributed by atoms with Crippen LogP contribution in [0, 0.1) is 11.3 Å². The summed E-state index contributed by atoms with van der Waals surface area (Å²) >= 11 is 1.85. The summed E-state index contributed by atoms with van der Waals surface area (Å²) in [4.78, 5) is 16.2. The van der Waals surface area contributed by atoms with E-state index in [1.807, 2.05) is 28.0 Å². The standard InChI is InChI=1S/C21H23N5S/c1-4-21(2,3)14-5-6-15-16(11-14)27-20-17(15)19-24-18(25-26(19)12-23-20)13-7-9-22-10-8-13/h7-10,12,14H,4-6,11H2,1-3H3/t14-/m1/s1. The summed E-state index contributed by atoms with van der Waals surface area (Å²) < 4.78 is 1.83. The maximum atomic E-state index is 4.87. The number of rotatable bonds is 3. The van der Waals surface area contributed by atoms with E-state index in [4.69, 9.17) is 9.97 Å². The van der Waals surface area contributed by atoms with Crippen LogP contribution in [0.4, 0.5) is 0 Å². The van der Waals surface area contributed by atoms with Gasteiger partial charge in [-0.05, 0) is 48.3 Å². The molecular weight excluding hydrogens is 354 g/mol. The van der Waals surface area contributed by atoms with E-state index in [1.165, 1.54) is 28.7 Å². The zero-order valence-electron chi connectivity index (χ0n) is 15.9. The molecule has 138 valence electrons. The van der Waals surface area contributed by atoms with Crippen molar-refractivity contribution in [3.8, 4) is 11.4 Å². The van der Waals surface area contributed by atoms with E-state index in [0.717, 1.165) is 40.6 Å². The molecule has 0 N–H and O–H groups in total. The first-order chi connectivity index (χ1) is 13.1. The Balaban J connectivity index is 1.64. The molecule has 6 heteroatoms. The molecule has 0 unspecified atom stereocenters. The zero-order chi connectivity index (χ0) is 18.6. The smallest absolute Gasteiger partial charge is 0.182 e. The molecule has 27 heavy (non-hydrogen) atoms. The molecule has 0 spiro atoms. The number of thiophene rings is 1. The van der Waals surface area contributed by atoms with Crippen molar-refractivity contribution < 1.29 is 0 Å². The van der Waals surface area contributed by atoms with Gasteiger partial charge >= 0.3 is 0 Å². The van der Waals surface area contributed by atoms with Crippen molar-refractivity contribution in [1.82, 2.24) is 24.6 Å². The molecule has 0 radical (unpaired) electrons. The highest BCUT2D eigenvalue weighted by Gasteiger charge is 2.33. The molecule has 0 saturated carbocycles. The number of hydrogen-bond acceptors (Lipinski definition) is 5. The van der Waals surface area contributed by atoms with Gasteiger partial charge in [-0.3, -0.25) is 4.98 Å². The third-order valence-electron chi connectivity index (χ3n) is 6.34. The Morgan fingerprint density at radius 3 is 2.85 bits per heavy atom. The topological polar surface area (TPSA) is 56.0 Å². The van der Waals surface area contributed by atoms with Gasteiger partial charge in [-0.25, -0.2) is 14.5 Å². The minimum absolute atomic E-state index is 0.389. The lowest BCUT2D eigenvalue weighted by Crippen LogP contribution is -2.28. The van der Waals surface area contributed by atoms with Crippen molar-refractivity contribution in [3.63, 3.8) is 0 Å². The average Bonchev–Trinajstić information content (AvgIpc) is 3.28. The van der Waals surface area contributed by atoms with Gasteiger partial charge in [0.05, 0.1) is 5.39 Å². The summed E-state index contributed by atoms with van der Waals surface area (Å²) in [6.07, 6.45) is 10.1. The van der Waals surface area contributed by atoms with E-state index in [-0.39, 0.29) is 0 Å². The van der Waals surface area contributed by atoms with Gasteiger partial charge < -0.3 is 0 Å². The van der Waals surface area contributed by atoms with Gasteiger partial charge in [-0.15, -0.1) is 16.4 Å². The molecule has 0 aromatic carbocycles. The minimum Gasteiger partial charge on any atom is -0.265 e. The highest BCUT2D eigenvalue weighted by molar-refractivity contribution is 7.19. The molecule has 1 atom stereocenters. The van der Waals surface area contributed by atoms with Gasteiger partial charge in [0.1, 0.15) is 11.2 Å². The van der Waals surface area contributed by atoms with Crippen LogP contribution in [0.1, 0.15) is 44.1 Å². The second kappa shape index (κ2) is 6.09. The first kappa shape index (κ1) is 16.8. The minimum atomic E-state index is 0.389. The van der Waals surface area contributed by atoms with Crippen molar-refractivity contribution in [2.75, 3.05) is 0 Å². The van der Waals surface area contributed by atoms with Crippen molar-refractivity contribution >= 4 is 27.2 Å². The first-order valence-electron chi connectivity index (χ1n) is 9.63. The molecule has 0 amide bonds. The summed E-state index contributed by atoms with van der Waals surface area (Å²) in [5.74, 6) is 1.47. The highest BCUT2D eigenvalue weighted by atomic mass is 32.1. The number of aromatic nitrogens is 5. The van der Waals surface area contributed by atoms with Crippen molar-refractivity contribution in [1.29, 1.82) is 0 Å². The second-order valence-electron chi connectivity index (χ2n) is 8.15. The van der Waals surface area contributed by atoms with Gasteiger partial charge in [-0.1, -0.05) is 27.2 Å². The van der Waals surface area contributed by atoms with Crippen LogP contribution in [0.3, 0.4) is 0 Å². The Labute approximate surface area is 162 Å². The lowest BCUT2D eigenvalue weighted by Gasteiger charge is -2.36. The van der Waals surface area contributed by atoms with Crippen molar-refractivity contribution in [2.45, 2.75) is 46.5 Å². The summed E-state index contributed by atoms with van der Waals surface area (Å²) in [7, 11) is 0. The van der Waals surface area contributed by atoms with Gasteiger partial charge in [0.15, 0.2) is 11.5 Å². The Kier molecular flexibility index (Phi) is 3.79. The fourth-order valence-corrected chi connectivity index (χ4v) is 5.42. The summed E-state index contributed by atoms with van der Waals surface area (Å²) in [5.41, 5.74) is 3.75. The maximum absolute atomic E-state index is 4.87. The normalized spacial score (nSPS) is 17.5. The van der Waals surface area contributed by atoms with Gasteiger partial charge in [0, 0.05) is 22.8 Å². The number of aryl methyl sites for hydroxylation is 1. The van der Waals surface area contributed by atoms with Crippen LogP contribution in [0.2, 0.25) is 0 Å².